The molecule has 6 heteroatoms. The Morgan fingerprint density at radius 3 is 2.69 bits per heavy atom. The molecule has 0 atom stereocenters. The largest absolute Gasteiger partial charge is 0.493 e. The molecule has 0 aromatic heterocycles. The number of benzene rings is 2. The molecule has 0 fully saturated rings. The Labute approximate surface area is 165 Å². The number of carbonyl (C=O) groups excluding carboxylic acids is 1. The maximum absolute atomic E-state index is 13.0. The van der Waals surface area contributed by atoms with Gasteiger partial charge in [-0.3, -0.25) is 0 Å². The fourth-order valence-electron chi connectivity index (χ4n) is 2.04. The average Bonchev–Trinajstić information content (AvgIpc) is 2.64. The van der Waals surface area contributed by atoms with Crippen LogP contribution in [-0.2, 0) is 16.1 Å². The van der Waals surface area contributed by atoms with Crippen molar-refractivity contribution in [3.05, 3.63) is 63.0 Å². The predicted molar refractivity (Wildman–Crippen MR) is 105 cm³/mol. The van der Waals surface area contributed by atoms with Crippen molar-refractivity contribution in [2.45, 2.75) is 6.61 Å². The Hall–Kier alpha value is -2.53. The second-order valence-corrected chi connectivity index (χ2v) is 6.26. The lowest BCUT2D eigenvalue weighted by atomic mass is 10.2. The topological polar surface area (TPSA) is 44.8 Å². The standard InChI is InChI=1S/C20H16FIO4/c1-3-10-25-19(23)9-6-15-11-17(22)20(18(12-15)24-2)26-13-14-4-7-16(21)8-5-14/h1,4-9,11-12H,10,13H2,2H3/b9-6+. The van der Waals surface area contributed by atoms with Gasteiger partial charge in [0.2, 0.25) is 0 Å². The predicted octanol–water partition coefficient (Wildman–Crippen LogP) is 4.21. The van der Waals surface area contributed by atoms with Crippen molar-refractivity contribution >= 4 is 34.6 Å². The summed E-state index contributed by atoms with van der Waals surface area (Å²) in [5.74, 6) is 2.51. The molecule has 0 aliphatic heterocycles. The number of carbonyl (C=O) groups is 1. The van der Waals surface area contributed by atoms with E-state index < -0.39 is 5.97 Å². The third-order valence-electron chi connectivity index (χ3n) is 3.26. The van der Waals surface area contributed by atoms with Crippen LogP contribution in [0.4, 0.5) is 4.39 Å². The van der Waals surface area contributed by atoms with Gasteiger partial charge < -0.3 is 14.2 Å². The summed E-state index contributed by atoms with van der Waals surface area (Å²) in [4.78, 5) is 11.5. The molecule has 0 bridgehead atoms. The highest BCUT2D eigenvalue weighted by atomic mass is 127. The first-order chi connectivity index (χ1) is 12.5. The van der Waals surface area contributed by atoms with E-state index in [-0.39, 0.29) is 19.0 Å². The Kier molecular flexibility index (Phi) is 7.48. The molecule has 0 spiro atoms. The molecule has 2 aromatic carbocycles. The molecule has 0 heterocycles. The minimum absolute atomic E-state index is 0.0693. The van der Waals surface area contributed by atoms with Crippen LogP contribution in [0.15, 0.2) is 42.5 Å². The van der Waals surface area contributed by atoms with E-state index in [0.717, 1.165) is 14.7 Å². The van der Waals surface area contributed by atoms with E-state index in [9.17, 15) is 9.18 Å². The molecule has 0 N–H and O–H groups in total. The van der Waals surface area contributed by atoms with Crippen LogP contribution < -0.4 is 9.47 Å². The quantitative estimate of drug-likeness (QED) is 0.266. The Morgan fingerprint density at radius 2 is 2.04 bits per heavy atom. The third kappa shape index (κ3) is 5.77. The van der Waals surface area contributed by atoms with Gasteiger partial charge in [-0.1, -0.05) is 18.1 Å². The first kappa shape index (κ1) is 19.8. The number of hydrogen-bond donors (Lipinski definition) is 0. The molecule has 26 heavy (non-hydrogen) atoms. The van der Waals surface area contributed by atoms with Gasteiger partial charge in [-0.25, -0.2) is 9.18 Å². The lowest BCUT2D eigenvalue weighted by molar-refractivity contribution is -0.136. The zero-order valence-electron chi connectivity index (χ0n) is 14.0. The second kappa shape index (κ2) is 9.82. The van der Waals surface area contributed by atoms with Crippen molar-refractivity contribution in [3.8, 4) is 23.8 Å². The van der Waals surface area contributed by atoms with Gasteiger partial charge in [0.15, 0.2) is 18.1 Å². The molecule has 0 aliphatic rings. The van der Waals surface area contributed by atoms with Gasteiger partial charge in [0.25, 0.3) is 0 Å². The van der Waals surface area contributed by atoms with Crippen LogP contribution >= 0.6 is 22.6 Å². The first-order valence-electron chi connectivity index (χ1n) is 7.56. The minimum atomic E-state index is -0.520. The van der Waals surface area contributed by atoms with Crippen molar-refractivity contribution in [1.82, 2.24) is 0 Å². The molecule has 0 radical (unpaired) electrons. The SMILES string of the molecule is C#CCOC(=O)/C=C/c1cc(I)c(OCc2ccc(F)cc2)c(OC)c1. The van der Waals surface area contributed by atoms with Gasteiger partial charge in [0.1, 0.15) is 12.4 Å². The Morgan fingerprint density at radius 1 is 1.31 bits per heavy atom. The van der Waals surface area contributed by atoms with Gasteiger partial charge in [0, 0.05) is 6.08 Å². The van der Waals surface area contributed by atoms with Crippen LogP contribution in [0, 0.1) is 21.7 Å². The summed E-state index contributed by atoms with van der Waals surface area (Å²) >= 11 is 2.12. The number of hydrogen-bond acceptors (Lipinski definition) is 4. The number of rotatable bonds is 7. The molecule has 0 saturated heterocycles. The van der Waals surface area contributed by atoms with Crippen LogP contribution in [0.5, 0.6) is 11.5 Å². The van der Waals surface area contributed by atoms with E-state index in [2.05, 4.69) is 28.5 Å². The van der Waals surface area contributed by atoms with E-state index in [1.807, 2.05) is 6.07 Å². The van der Waals surface area contributed by atoms with Gasteiger partial charge in [-0.2, -0.15) is 0 Å². The lowest BCUT2D eigenvalue weighted by Crippen LogP contribution is -2.01. The number of terminal acetylenes is 1. The fraction of sp³-hybridized carbons (Fsp3) is 0.150. The number of halogens is 2. The average molecular weight is 466 g/mol. The van der Waals surface area contributed by atoms with E-state index in [4.69, 9.17) is 20.6 Å². The van der Waals surface area contributed by atoms with Gasteiger partial charge in [-0.15, -0.1) is 6.42 Å². The smallest absolute Gasteiger partial charge is 0.331 e. The summed E-state index contributed by atoms with van der Waals surface area (Å²) in [5.41, 5.74) is 1.59. The van der Waals surface area contributed by atoms with Crippen LogP contribution in [-0.4, -0.2) is 19.7 Å². The summed E-state index contributed by atoms with van der Waals surface area (Å²) in [5, 5.41) is 0. The summed E-state index contributed by atoms with van der Waals surface area (Å²) in [6.45, 7) is 0.209. The van der Waals surface area contributed by atoms with Crippen molar-refractivity contribution in [2.75, 3.05) is 13.7 Å². The molecule has 0 amide bonds. The monoisotopic (exact) mass is 466 g/mol. The van der Waals surface area contributed by atoms with Gasteiger partial charge in [-0.05, 0) is 64.1 Å². The van der Waals surface area contributed by atoms with Crippen molar-refractivity contribution in [3.63, 3.8) is 0 Å². The summed E-state index contributed by atoms with van der Waals surface area (Å²) in [7, 11) is 1.53. The van der Waals surface area contributed by atoms with Gasteiger partial charge >= 0.3 is 5.97 Å². The number of ether oxygens (including phenoxy) is 3. The molecule has 134 valence electrons. The Balaban J connectivity index is 2.13. The number of methoxy groups -OCH3 is 1. The van der Waals surface area contributed by atoms with Gasteiger partial charge in [0.05, 0.1) is 10.7 Å². The van der Waals surface area contributed by atoms with Crippen molar-refractivity contribution < 1.29 is 23.4 Å². The molecule has 2 aromatic rings. The van der Waals surface area contributed by atoms with E-state index in [0.29, 0.717) is 11.5 Å². The van der Waals surface area contributed by atoms with Crippen LogP contribution in [0.25, 0.3) is 6.08 Å². The van der Waals surface area contributed by atoms with Crippen molar-refractivity contribution in [2.24, 2.45) is 0 Å². The molecule has 0 aliphatic carbocycles. The van der Waals surface area contributed by atoms with E-state index in [1.165, 1.54) is 25.3 Å². The van der Waals surface area contributed by atoms with Crippen molar-refractivity contribution in [1.29, 1.82) is 0 Å². The van der Waals surface area contributed by atoms with Crippen LogP contribution in [0.2, 0.25) is 0 Å². The highest BCUT2D eigenvalue weighted by Crippen LogP contribution is 2.35. The van der Waals surface area contributed by atoms with Crippen LogP contribution in [0.1, 0.15) is 11.1 Å². The minimum Gasteiger partial charge on any atom is -0.493 e. The van der Waals surface area contributed by atoms with E-state index in [1.54, 1.807) is 24.3 Å². The van der Waals surface area contributed by atoms with Crippen LogP contribution in [0.3, 0.4) is 0 Å². The maximum Gasteiger partial charge on any atom is 0.331 e. The normalized spacial score (nSPS) is 10.4. The molecular formula is C20H16FIO4. The Bertz CT molecular complexity index is 838. The summed E-state index contributed by atoms with van der Waals surface area (Å²) in [6, 6.07) is 9.67. The molecule has 4 nitrogen and oxygen atoms in total. The molecule has 2 rings (SSSR count). The second-order valence-electron chi connectivity index (χ2n) is 5.09. The first-order valence-corrected chi connectivity index (χ1v) is 8.64. The third-order valence-corrected chi connectivity index (χ3v) is 4.06. The molecule has 0 unspecified atom stereocenters. The highest BCUT2D eigenvalue weighted by molar-refractivity contribution is 14.1. The summed E-state index contributed by atoms with van der Waals surface area (Å²) < 4.78 is 29.7. The molecule has 0 saturated carbocycles. The highest BCUT2D eigenvalue weighted by Gasteiger charge is 2.11. The zero-order chi connectivity index (χ0) is 18.9. The lowest BCUT2D eigenvalue weighted by Gasteiger charge is -2.13. The number of esters is 1. The zero-order valence-corrected chi connectivity index (χ0v) is 16.2. The maximum atomic E-state index is 13.0. The summed E-state index contributed by atoms with van der Waals surface area (Å²) in [6.07, 6.45) is 7.93. The molecular weight excluding hydrogens is 450 g/mol. The fourth-order valence-corrected chi connectivity index (χ4v) is 2.82. The van der Waals surface area contributed by atoms with E-state index >= 15 is 0 Å².